The van der Waals surface area contributed by atoms with Crippen LogP contribution in [0.2, 0.25) is 0 Å². The number of amides is 1. The Morgan fingerprint density at radius 2 is 1.75 bits per heavy atom. The zero-order valence-electron chi connectivity index (χ0n) is 16.0. The van der Waals surface area contributed by atoms with Gasteiger partial charge in [0.05, 0.1) is 17.7 Å². The standard InChI is InChI=1S/C22H23FN2O3/c1-15-21(16(2)28-25-15)14-27-20-9-5-18(6-10-20)13-22(26)24-12-11-17-3-7-19(23)8-4-17/h3-10H,11-14H2,1-2H3,(H,24,26). The quantitative estimate of drug-likeness (QED) is 0.642. The molecule has 0 saturated carbocycles. The Kier molecular flexibility index (Phi) is 6.42. The molecule has 1 aromatic heterocycles. The van der Waals surface area contributed by atoms with Crippen molar-refractivity contribution < 1.29 is 18.4 Å². The molecule has 0 spiro atoms. The monoisotopic (exact) mass is 382 g/mol. The molecule has 0 saturated heterocycles. The molecule has 28 heavy (non-hydrogen) atoms. The Hall–Kier alpha value is -3.15. The molecule has 3 rings (SSSR count). The molecule has 0 bridgehead atoms. The molecule has 1 heterocycles. The average molecular weight is 382 g/mol. The first-order chi connectivity index (χ1) is 13.5. The van der Waals surface area contributed by atoms with Crippen molar-refractivity contribution in [3.63, 3.8) is 0 Å². The van der Waals surface area contributed by atoms with Gasteiger partial charge in [0.25, 0.3) is 0 Å². The normalized spacial score (nSPS) is 10.7. The van der Waals surface area contributed by atoms with Crippen LogP contribution in [0.4, 0.5) is 4.39 Å². The van der Waals surface area contributed by atoms with Gasteiger partial charge in [0.2, 0.25) is 5.91 Å². The molecule has 0 aliphatic heterocycles. The van der Waals surface area contributed by atoms with Gasteiger partial charge in [-0.15, -0.1) is 0 Å². The van der Waals surface area contributed by atoms with Gasteiger partial charge in [0.1, 0.15) is 23.9 Å². The molecule has 0 aliphatic rings. The minimum atomic E-state index is -0.257. The number of hydrogen-bond donors (Lipinski definition) is 1. The summed E-state index contributed by atoms with van der Waals surface area (Å²) < 4.78 is 23.8. The number of hydrogen-bond acceptors (Lipinski definition) is 4. The fourth-order valence-electron chi connectivity index (χ4n) is 2.81. The summed E-state index contributed by atoms with van der Waals surface area (Å²) in [7, 11) is 0. The summed E-state index contributed by atoms with van der Waals surface area (Å²) in [5.41, 5.74) is 3.67. The van der Waals surface area contributed by atoms with Gasteiger partial charge in [0, 0.05) is 6.54 Å². The summed E-state index contributed by atoms with van der Waals surface area (Å²) in [5, 5.41) is 6.79. The number of rotatable bonds is 8. The second-order valence-corrected chi connectivity index (χ2v) is 6.64. The molecule has 1 N–H and O–H groups in total. The summed E-state index contributed by atoms with van der Waals surface area (Å²) in [6.07, 6.45) is 0.966. The van der Waals surface area contributed by atoms with E-state index in [0.717, 1.165) is 33.9 Å². The van der Waals surface area contributed by atoms with Crippen LogP contribution in [0.1, 0.15) is 28.1 Å². The zero-order valence-corrected chi connectivity index (χ0v) is 16.0. The van der Waals surface area contributed by atoms with Crippen molar-refractivity contribution in [1.29, 1.82) is 0 Å². The van der Waals surface area contributed by atoms with Crippen LogP contribution in [0.3, 0.4) is 0 Å². The molecule has 1 amide bonds. The third-order valence-electron chi connectivity index (χ3n) is 4.50. The number of nitrogens with zero attached hydrogens (tertiary/aromatic N) is 1. The van der Waals surface area contributed by atoms with E-state index in [1.165, 1.54) is 12.1 Å². The fraction of sp³-hybridized carbons (Fsp3) is 0.273. The van der Waals surface area contributed by atoms with Crippen molar-refractivity contribution in [2.24, 2.45) is 0 Å². The third-order valence-corrected chi connectivity index (χ3v) is 4.50. The Bertz CT molecular complexity index is 898. The van der Waals surface area contributed by atoms with E-state index in [9.17, 15) is 9.18 Å². The molecule has 146 valence electrons. The lowest BCUT2D eigenvalue weighted by Gasteiger charge is -2.08. The predicted octanol–water partition coefficient (Wildman–Crippen LogP) is 3.91. The number of ether oxygens (including phenoxy) is 1. The first kappa shape index (κ1) is 19.6. The maximum Gasteiger partial charge on any atom is 0.224 e. The van der Waals surface area contributed by atoms with Gasteiger partial charge in [-0.25, -0.2) is 4.39 Å². The minimum Gasteiger partial charge on any atom is -0.489 e. The highest BCUT2D eigenvalue weighted by atomic mass is 19.1. The summed E-state index contributed by atoms with van der Waals surface area (Å²) in [4.78, 5) is 12.1. The molecular formula is C22H23FN2O3. The third kappa shape index (κ3) is 5.42. The summed E-state index contributed by atoms with van der Waals surface area (Å²) >= 11 is 0. The van der Waals surface area contributed by atoms with Gasteiger partial charge in [-0.3, -0.25) is 4.79 Å². The number of carbonyl (C=O) groups is 1. The maximum atomic E-state index is 12.9. The van der Waals surface area contributed by atoms with E-state index in [2.05, 4.69) is 10.5 Å². The molecule has 0 aliphatic carbocycles. The van der Waals surface area contributed by atoms with Gasteiger partial charge in [-0.1, -0.05) is 29.4 Å². The number of nitrogens with one attached hydrogen (secondary N) is 1. The average Bonchev–Trinajstić information content (AvgIpc) is 3.00. The lowest BCUT2D eigenvalue weighted by molar-refractivity contribution is -0.120. The summed E-state index contributed by atoms with van der Waals surface area (Å²) in [5.74, 6) is 1.17. The van der Waals surface area contributed by atoms with Crippen molar-refractivity contribution in [2.45, 2.75) is 33.3 Å². The lowest BCUT2D eigenvalue weighted by Crippen LogP contribution is -2.27. The minimum absolute atomic E-state index is 0.0495. The largest absolute Gasteiger partial charge is 0.489 e. The van der Waals surface area contributed by atoms with Crippen LogP contribution in [-0.2, 0) is 24.2 Å². The van der Waals surface area contributed by atoms with Crippen LogP contribution >= 0.6 is 0 Å². The van der Waals surface area contributed by atoms with Gasteiger partial charge in [-0.05, 0) is 55.7 Å². The van der Waals surface area contributed by atoms with Crippen LogP contribution in [0.15, 0.2) is 53.1 Å². The highest BCUT2D eigenvalue weighted by Gasteiger charge is 2.10. The Balaban J connectivity index is 1.43. The molecule has 0 atom stereocenters. The Morgan fingerprint density at radius 1 is 1.07 bits per heavy atom. The number of aromatic nitrogens is 1. The highest BCUT2D eigenvalue weighted by Crippen LogP contribution is 2.18. The van der Waals surface area contributed by atoms with E-state index in [1.807, 2.05) is 38.1 Å². The van der Waals surface area contributed by atoms with Crippen LogP contribution in [0.25, 0.3) is 0 Å². The SMILES string of the molecule is Cc1noc(C)c1COc1ccc(CC(=O)NCCc2ccc(F)cc2)cc1. The number of carbonyl (C=O) groups excluding carboxylic acids is 1. The lowest BCUT2D eigenvalue weighted by atomic mass is 10.1. The van der Waals surface area contributed by atoms with Crippen molar-refractivity contribution in [3.8, 4) is 5.75 Å². The Labute approximate surface area is 163 Å². The van der Waals surface area contributed by atoms with E-state index in [4.69, 9.17) is 9.26 Å². The fourth-order valence-corrected chi connectivity index (χ4v) is 2.81. The smallest absolute Gasteiger partial charge is 0.224 e. The molecule has 0 unspecified atom stereocenters. The zero-order chi connectivity index (χ0) is 19.9. The van der Waals surface area contributed by atoms with Gasteiger partial charge < -0.3 is 14.6 Å². The molecule has 2 aromatic carbocycles. The van der Waals surface area contributed by atoms with Crippen molar-refractivity contribution >= 4 is 5.91 Å². The van der Waals surface area contributed by atoms with Crippen LogP contribution < -0.4 is 10.1 Å². The molecule has 0 fully saturated rings. The van der Waals surface area contributed by atoms with E-state index >= 15 is 0 Å². The van der Waals surface area contributed by atoms with E-state index in [1.54, 1.807) is 12.1 Å². The first-order valence-electron chi connectivity index (χ1n) is 9.16. The predicted molar refractivity (Wildman–Crippen MR) is 104 cm³/mol. The van der Waals surface area contributed by atoms with E-state index < -0.39 is 0 Å². The second kappa shape index (κ2) is 9.17. The van der Waals surface area contributed by atoms with Gasteiger partial charge >= 0.3 is 0 Å². The van der Waals surface area contributed by atoms with Crippen LogP contribution in [-0.4, -0.2) is 17.6 Å². The van der Waals surface area contributed by atoms with Crippen molar-refractivity contribution in [2.75, 3.05) is 6.54 Å². The summed E-state index contributed by atoms with van der Waals surface area (Å²) in [6.45, 7) is 4.65. The molecular weight excluding hydrogens is 359 g/mol. The number of aryl methyl sites for hydroxylation is 2. The number of benzene rings is 2. The van der Waals surface area contributed by atoms with Crippen molar-refractivity contribution in [1.82, 2.24) is 10.5 Å². The highest BCUT2D eigenvalue weighted by molar-refractivity contribution is 5.78. The molecule has 5 nitrogen and oxygen atoms in total. The first-order valence-corrected chi connectivity index (χ1v) is 9.16. The molecule has 3 aromatic rings. The summed E-state index contributed by atoms with van der Waals surface area (Å²) in [6, 6.07) is 13.7. The topological polar surface area (TPSA) is 64.4 Å². The van der Waals surface area contributed by atoms with Crippen LogP contribution in [0, 0.1) is 19.7 Å². The van der Waals surface area contributed by atoms with Crippen LogP contribution in [0.5, 0.6) is 5.75 Å². The van der Waals surface area contributed by atoms with E-state index in [-0.39, 0.29) is 11.7 Å². The maximum absolute atomic E-state index is 12.9. The van der Waals surface area contributed by atoms with Gasteiger partial charge in [0.15, 0.2) is 0 Å². The second-order valence-electron chi connectivity index (χ2n) is 6.64. The van der Waals surface area contributed by atoms with Gasteiger partial charge in [-0.2, -0.15) is 0 Å². The molecule has 6 heteroatoms. The van der Waals surface area contributed by atoms with Crippen molar-refractivity contribution in [3.05, 3.63) is 82.5 Å². The Morgan fingerprint density at radius 3 is 2.39 bits per heavy atom. The number of halogens is 1. The van der Waals surface area contributed by atoms with E-state index in [0.29, 0.717) is 26.0 Å². The molecule has 0 radical (unpaired) electrons.